The standard InChI is InChI=1S/C20H18ClN3O3S/c1-12-5-4-6-13(2)18(12)24(14(3)25)20-23-16(11-28-20)10-27-19(26)15-7-8-17(21)22-9-15/h4-9,11H,10H2,1-3H3. The summed E-state index contributed by atoms with van der Waals surface area (Å²) in [5, 5.41) is 2.60. The highest BCUT2D eigenvalue weighted by Gasteiger charge is 2.21. The predicted molar refractivity (Wildman–Crippen MR) is 109 cm³/mol. The van der Waals surface area contributed by atoms with Gasteiger partial charge in [0.05, 0.1) is 16.9 Å². The molecule has 0 saturated heterocycles. The molecule has 2 heterocycles. The summed E-state index contributed by atoms with van der Waals surface area (Å²) < 4.78 is 5.28. The van der Waals surface area contributed by atoms with E-state index in [1.807, 2.05) is 32.0 Å². The number of carbonyl (C=O) groups is 2. The SMILES string of the molecule is CC(=O)N(c1nc(COC(=O)c2ccc(Cl)nc2)cs1)c1c(C)cccc1C. The van der Waals surface area contributed by atoms with Crippen molar-refractivity contribution in [1.82, 2.24) is 9.97 Å². The number of pyridine rings is 1. The van der Waals surface area contributed by atoms with Crippen LogP contribution in [0.1, 0.15) is 34.1 Å². The molecule has 1 aromatic carbocycles. The fourth-order valence-corrected chi connectivity index (χ4v) is 3.70. The quantitative estimate of drug-likeness (QED) is 0.440. The van der Waals surface area contributed by atoms with Crippen molar-refractivity contribution in [3.8, 4) is 0 Å². The summed E-state index contributed by atoms with van der Waals surface area (Å²) in [4.78, 5) is 34.3. The molecule has 0 N–H and O–H groups in total. The first-order chi connectivity index (χ1) is 13.4. The van der Waals surface area contributed by atoms with E-state index in [1.54, 1.807) is 16.3 Å². The second-order valence-electron chi connectivity index (χ2n) is 6.16. The highest BCUT2D eigenvalue weighted by atomic mass is 35.5. The zero-order valence-electron chi connectivity index (χ0n) is 15.6. The van der Waals surface area contributed by atoms with Crippen LogP contribution in [0.25, 0.3) is 0 Å². The zero-order valence-corrected chi connectivity index (χ0v) is 17.2. The van der Waals surface area contributed by atoms with Crippen molar-refractivity contribution >= 4 is 45.6 Å². The molecule has 2 aromatic heterocycles. The van der Waals surface area contributed by atoms with Crippen molar-refractivity contribution in [3.63, 3.8) is 0 Å². The first-order valence-electron chi connectivity index (χ1n) is 8.47. The molecule has 28 heavy (non-hydrogen) atoms. The molecule has 0 unspecified atom stereocenters. The van der Waals surface area contributed by atoms with Gasteiger partial charge in [-0.2, -0.15) is 0 Å². The number of esters is 1. The lowest BCUT2D eigenvalue weighted by atomic mass is 10.1. The van der Waals surface area contributed by atoms with E-state index in [1.165, 1.54) is 30.5 Å². The van der Waals surface area contributed by atoms with E-state index in [4.69, 9.17) is 16.3 Å². The van der Waals surface area contributed by atoms with E-state index in [0.29, 0.717) is 21.5 Å². The summed E-state index contributed by atoms with van der Waals surface area (Å²) in [6.45, 7) is 5.40. The van der Waals surface area contributed by atoms with Crippen LogP contribution in [-0.2, 0) is 16.1 Å². The molecule has 0 aliphatic carbocycles. The normalized spacial score (nSPS) is 10.6. The first kappa shape index (κ1) is 20.0. The highest BCUT2D eigenvalue weighted by molar-refractivity contribution is 7.14. The molecule has 0 saturated carbocycles. The predicted octanol–water partition coefficient (Wildman–Crippen LogP) is 4.85. The number of nitrogens with zero attached hydrogens (tertiary/aromatic N) is 3. The number of hydrogen-bond acceptors (Lipinski definition) is 6. The molecule has 0 aliphatic heterocycles. The average Bonchev–Trinajstić information content (AvgIpc) is 3.11. The van der Waals surface area contributed by atoms with Gasteiger partial charge in [-0.3, -0.25) is 9.69 Å². The Hall–Kier alpha value is -2.77. The Bertz CT molecular complexity index is 998. The minimum atomic E-state index is -0.517. The zero-order chi connectivity index (χ0) is 20.3. The molecule has 0 aliphatic rings. The Morgan fingerprint density at radius 1 is 1.18 bits per heavy atom. The monoisotopic (exact) mass is 415 g/mol. The Kier molecular flexibility index (Phi) is 6.06. The molecular formula is C20H18ClN3O3S. The van der Waals surface area contributed by atoms with E-state index in [0.717, 1.165) is 16.8 Å². The van der Waals surface area contributed by atoms with E-state index in [2.05, 4.69) is 9.97 Å². The second kappa shape index (κ2) is 8.50. The van der Waals surface area contributed by atoms with Crippen LogP contribution < -0.4 is 4.90 Å². The van der Waals surface area contributed by atoms with E-state index >= 15 is 0 Å². The molecule has 0 atom stereocenters. The second-order valence-corrected chi connectivity index (χ2v) is 7.39. The molecule has 0 bridgehead atoms. The summed E-state index contributed by atoms with van der Waals surface area (Å²) in [5.74, 6) is -0.653. The minimum Gasteiger partial charge on any atom is -0.456 e. The Morgan fingerprint density at radius 3 is 2.50 bits per heavy atom. The third kappa shape index (κ3) is 4.37. The molecule has 3 rings (SSSR count). The summed E-state index contributed by atoms with van der Waals surface area (Å²) >= 11 is 7.04. The lowest BCUT2D eigenvalue weighted by molar-refractivity contribution is -0.115. The van der Waals surface area contributed by atoms with Crippen molar-refractivity contribution in [2.75, 3.05) is 4.90 Å². The maximum atomic E-state index is 12.3. The van der Waals surface area contributed by atoms with Gasteiger partial charge in [-0.05, 0) is 37.1 Å². The maximum absolute atomic E-state index is 12.3. The van der Waals surface area contributed by atoms with Crippen LogP contribution in [0.5, 0.6) is 0 Å². The van der Waals surface area contributed by atoms with Crippen molar-refractivity contribution < 1.29 is 14.3 Å². The minimum absolute atomic E-state index is 0.00351. The molecule has 3 aromatic rings. The lowest BCUT2D eigenvalue weighted by Gasteiger charge is -2.22. The van der Waals surface area contributed by atoms with Gasteiger partial charge in [0.25, 0.3) is 0 Å². The van der Waals surface area contributed by atoms with Crippen molar-refractivity contribution in [2.45, 2.75) is 27.4 Å². The molecule has 6 nitrogen and oxygen atoms in total. The Labute approximate surface area is 171 Å². The fraction of sp³-hybridized carbons (Fsp3) is 0.200. The number of hydrogen-bond donors (Lipinski definition) is 0. The Morgan fingerprint density at radius 2 is 1.89 bits per heavy atom. The molecule has 144 valence electrons. The number of thiazole rings is 1. The number of benzene rings is 1. The number of para-hydroxylation sites is 1. The van der Waals surface area contributed by atoms with Gasteiger partial charge >= 0.3 is 5.97 Å². The molecule has 1 amide bonds. The Balaban J connectivity index is 1.77. The van der Waals surface area contributed by atoms with Crippen molar-refractivity contribution in [2.24, 2.45) is 0 Å². The number of anilines is 2. The van der Waals surface area contributed by atoms with Crippen LogP contribution in [0.3, 0.4) is 0 Å². The summed E-state index contributed by atoms with van der Waals surface area (Å²) in [6, 6.07) is 8.92. The van der Waals surface area contributed by atoms with E-state index < -0.39 is 5.97 Å². The third-order valence-electron chi connectivity index (χ3n) is 4.02. The highest BCUT2D eigenvalue weighted by Crippen LogP contribution is 2.33. The average molecular weight is 416 g/mol. The number of ether oxygens (including phenoxy) is 1. The van der Waals surface area contributed by atoms with Crippen LogP contribution >= 0.6 is 22.9 Å². The number of aromatic nitrogens is 2. The molecule has 0 radical (unpaired) electrons. The van der Waals surface area contributed by atoms with Crippen molar-refractivity contribution in [1.29, 1.82) is 0 Å². The third-order valence-corrected chi connectivity index (χ3v) is 5.12. The van der Waals surface area contributed by atoms with Gasteiger partial charge in [-0.15, -0.1) is 11.3 Å². The molecule has 8 heteroatoms. The van der Waals surface area contributed by atoms with Gasteiger partial charge in [0.2, 0.25) is 5.91 Å². The van der Waals surface area contributed by atoms with Crippen LogP contribution in [0.4, 0.5) is 10.8 Å². The van der Waals surface area contributed by atoms with E-state index in [-0.39, 0.29) is 12.5 Å². The van der Waals surface area contributed by atoms with Gasteiger partial charge in [0.15, 0.2) is 5.13 Å². The smallest absolute Gasteiger partial charge is 0.340 e. The van der Waals surface area contributed by atoms with Crippen LogP contribution in [-0.4, -0.2) is 21.8 Å². The molecule has 0 spiro atoms. The van der Waals surface area contributed by atoms with Crippen LogP contribution in [0, 0.1) is 13.8 Å². The number of halogens is 1. The van der Waals surface area contributed by atoms with Gasteiger partial charge in [-0.25, -0.2) is 14.8 Å². The largest absolute Gasteiger partial charge is 0.456 e. The summed E-state index contributed by atoms with van der Waals surface area (Å²) in [7, 11) is 0. The number of rotatable bonds is 5. The number of carbonyl (C=O) groups excluding carboxylic acids is 2. The van der Waals surface area contributed by atoms with Gasteiger partial charge in [0.1, 0.15) is 11.8 Å². The topological polar surface area (TPSA) is 72.4 Å². The van der Waals surface area contributed by atoms with Gasteiger partial charge < -0.3 is 4.74 Å². The van der Waals surface area contributed by atoms with E-state index in [9.17, 15) is 9.59 Å². The lowest BCUT2D eigenvalue weighted by Crippen LogP contribution is -2.24. The van der Waals surface area contributed by atoms with Crippen molar-refractivity contribution in [3.05, 3.63) is 69.4 Å². The first-order valence-corrected chi connectivity index (χ1v) is 9.72. The maximum Gasteiger partial charge on any atom is 0.340 e. The molecular weight excluding hydrogens is 398 g/mol. The number of amides is 1. The summed E-state index contributed by atoms with van der Waals surface area (Å²) in [6.07, 6.45) is 1.36. The fourth-order valence-electron chi connectivity index (χ4n) is 2.73. The van der Waals surface area contributed by atoms with Crippen LogP contribution in [0.15, 0.2) is 41.9 Å². The van der Waals surface area contributed by atoms with Gasteiger partial charge in [0, 0.05) is 18.5 Å². The van der Waals surface area contributed by atoms with Gasteiger partial charge in [-0.1, -0.05) is 29.8 Å². The molecule has 0 fully saturated rings. The number of aryl methyl sites for hydroxylation is 2. The summed E-state index contributed by atoms with van der Waals surface area (Å²) in [5.41, 5.74) is 3.65. The van der Waals surface area contributed by atoms with Crippen LogP contribution in [0.2, 0.25) is 5.15 Å².